The monoisotopic (exact) mass is 739 g/mol. The second kappa shape index (κ2) is 14.3. The van der Waals surface area contributed by atoms with Crippen LogP contribution in [0.2, 0.25) is 0 Å². The van der Waals surface area contributed by atoms with Gasteiger partial charge < -0.3 is 14.8 Å². The third kappa shape index (κ3) is 11.1. The highest BCUT2D eigenvalue weighted by Gasteiger charge is 2.39. The zero-order chi connectivity index (χ0) is 36.6. The van der Waals surface area contributed by atoms with Crippen LogP contribution in [-0.2, 0) is 24.7 Å². The molecule has 0 bridgehead atoms. The lowest BCUT2D eigenvalue weighted by molar-refractivity contribution is -0.144. The van der Waals surface area contributed by atoms with Gasteiger partial charge in [0.15, 0.2) is 17.3 Å². The van der Waals surface area contributed by atoms with E-state index in [9.17, 15) is 67.1 Å². The van der Waals surface area contributed by atoms with Crippen LogP contribution in [0.3, 0.4) is 0 Å². The Labute approximate surface area is 274 Å². The number of nitrogens with one attached hydrogen (secondary N) is 1. The molecule has 3 rings (SSSR count). The maximum Gasteiger partial charge on any atom is 0.416 e. The molecular weight excluding hydrogens is 718 g/mol. The molecule has 3 aromatic carbocycles. The van der Waals surface area contributed by atoms with E-state index in [1.54, 1.807) is 20.8 Å². The van der Waals surface area contributed by atoms with Crippen LogP contribution >= 0.6 is 12.4 Å². The average Bonchev–Trinajstić information content (AvgIpc) is 2.94. The maximum atomic E-state index is 13.3. The van der Waals surface area contributed by atoms with E-state index in [-0.39, 0.29) is 60.9 Å². The molecule has 0 heterocycles. The molecule has 0 saturated heterocycles. The van der Waals surface area contributed by atoms with Gasteiger partial charge >= 0.3 is 36.6 Å². The number of halogens is 13. The summed E-state index contributed by atoms with van der Waals surface area (Å²) in [5.41, 5.74) is -11.1. The highest BCUT2D eigenvalue weighted by molar-refractivity contribution is 5.99. The van der Waals surface area contributed by atoms with Gasteiger partial charge in [0.05, 0.1) is 39.9 Å². The molecule has 0 aromatic heterocycles. The highest BCUT2D eigenvalue weighted by Crippen LogP contribution is 2.39. The summed E-state index contributed by atoms with van der Waals surface area (Å²) in [4.78, 5) is 38.4. The number of hydrogen-bond acceptors (Lipinski definition) is 6. The van der Waals surface area contributed by atoms with Crippen molar-refractivity contribution >= 4 is 30.1 Å². The van der Waals surface area contributed by atoms with Gasteiger partial charge in [0.25, 0.3) is 0 Å². The molecular formula is C30H22ClF12NO5. The third-order valence-electron chi connectivity index (χ3n) is 6.10. The van der Waals surface area contributed by atoms with E-state index < -0.39 is 92.8 Å². The van der Waals surface area contributed by atoms with Gasteiger partial charge in [-0.1, -0.05) is 0 Å². The first-order valence-corrected chi connectivity index (χ1v) is 13.1. The number of rotatable bonds is 7. The summed E-state index contributed by atoms with van der Waals surface area (Å²) in [6, 6.07) is 1.82. The molecule has 3 aromatic rings. The zero-order valence-electron chi connectivity index (χ0n) is 24.9. The summed E-state index contributed by atoms with van der Waals surface area (Å²) in [5, 5.41) is 2.81. The lowest BCUT2D eigenvalue weighted by atomic mass is 10.0. The molecule has 0 atom stereocenters. The molecule has 0 aliphatic rings. The molecule has 0 unspecified atom stereocenters. The number of ether oxygens (including phenoxy) is 2. The Bertz CT molecular complexity index is 1660. The van der Waals surface area contributed by atoms with Gasteiger partial charge in [-0.2, -0.15) is 52.7 Å². The number of alkyl halides is 12. The first kappa shape index (κ1) is 40.9. The van der Waals surface area contributed by atoms with Crippen molar-refractivity contribution in [3.63, 3.8) is 0 Å². The summed E-state index contributed by atoms with van der Waals surface area (Å²) in [6.45, 7) is 4.66. The Morgan fingerprint density at radius 2 is 0.878 bits per heavy atom. The van der Waals surface area contributed by atoms with Crippen molar-refractivity contribution in [2.45, 2.75) is 51.0 Å². The van der Waals surface area contributed by atoms with Gasteiger partial charge in [-0.15, -0.1) is 12.4 Å². The standard InChI is InChI=1S/C30H21F12NO5.ClH/c1-26(2,3)43-13-21(44)14-4-5-22(47-24(45)15-6-17(27(31,32)33)11-18(7-15)28(34,35)36)23(10-14)48-25(46)16-8-19(29(37,38)39)12-20(9-16)30(40,41)42;/h4-12,43H,13H2,1-3H3;1H. The fourth-order valence-electron chi connectivity index (χ4n) is 3.76. The first-order valence-electron chi connectivity index (χ1n) is 13.1. The Balaban J connectivity index is 0.00000833. The largest absolute Gasteiger partial charge is 0.419 e. The van der Waals surface area contributed by atoms with Crippen LogP contribution in [0.4, 0.5) is 52.7 Å². The molecule has 6 nitrogen and oxygen atoms in total. The lowest BCUT2D eigenvalue weighted by Crippen LogP contribution is -2.39. The SMILES string of the molecule is CC(C)(C)NCC(=O)c1ccc(OC(=O)c2cc(C(F)(F)F)cc(C(F)(F)F)c2)c(OC(=O)c2cc(C(F)(F)F)cc(C(F)(F)F)c2)c1.Cl. The number of Topliss-reactive ketones (excluding diaryl/α,β-unsaturated/α-hetero) is 1. The molecule has 0 aliphatic carbocycles. The van der Waals surface area contributed by atoms with Gasteiger partial charge in [0.1, 0.15) is 0 Å². The van der Waals surface area contributed by atoms with E-state index in [1.165, 1.54) is 0 Å². The molecule has 0 radical (unpaired) electrons. The topological polar surface area (TPSA) is 81.7 Å². The van der Waals surface area contributed by atoms with E-state index in [0.717, 1.165) is 12.1 Å². The average molecular weight is 740 g/mol. The van der Waals surface area contributed by atoms with E-state index in [1.807, 2.05) is 0 Å². The highest BCUT2D eigenvalue weighted by atomic mass is 35.5. The molecule has 0 saturated carbocycles. The van der Waals surface area contributed by atoms with E-state index in [0.29, 0.717) is 6.07 Å². The van der Waals surface area contributed by atoms with E-state index in [2.05, 4.69) is 5.32 Å². The van der Waals surface area contributed by atoms with Crippen molar-refractivity contribution < 1.29 is 76.5 Å². The van der Waals surface area contributed by atoms with Gasteiger partial charge in [-0.25, -0.2) is 9.59 Å². The van der Waals surface area contributed by atoms with Crippen LogP contribution in [0.5, 0.6) is 11.5 Å². The minimum atomic E-state index is -5.37. The predicted molar refractivity (Wildman–Crippen MR) is 149 cm³/mol. The minimum Gasteiger partial charge on any atom is -0.419 e. The van der Waals surface area contributed by atoms with E-state index in [4.69, 9.17) is 9.47 Å². The normalized spacial score (nSPS) is 12.6. The number of hydrogen-bond donors (Lipinski definition) is 1. The molecule has 0 spiro atoms. The summed E-state index contributed by atoms with van der Waals surface area (Å²) < 4.78 is 170. The molecule has 49 heavy (non-hydrogen) atoms. The quantitative estimate of drug-likeness (QED) is 0.113. The lowest BCUT2D eigenvalue weighted by Gasteiger charge is -2.20. The summed E-state index contributed by atoms with van der Waals surface area (Å²) in [7, 11) is 0. The van der Waals surface area contributed by atoms with Crippen LogP contribution in [0.15, 0.2) is 54.6 Å². The fraction of sp³-hybridized carbons (Fsp3) is 0.300. The van der Waals surface area contributed by atoms with Crippen molar-refractivity contribution in [3.8, 4) is 11.5 Å². The maximum absolute atomic E-state index is 13.3. The Hall–Kier alpha value is -4.32. The molecule has 0 fully saturated rings. The van der Waals surface area contributed by atoms with Crippen LogP contribution in [0.25, 0.3) is 0 Å². The van der Waals surface area contributed by atoms with Crippen LogP contribution in [0, 0.1) is 0 Å². The van der Waals surface area contributed by atoms with Gasteiger partial charge in [-0.05, 0) is 75.4 Å². The van der Waals surface area contributed by atoms with Crippen molar-refractivity contribution in [1.82, 2.24) is 5.32 Å². The Morgan fingerprint density at radius 3 is 1.20 bits per heavy atom. The van der Waals surface area contributed by atoms with Crippen molar-refractivity contribution in [2.75, 3.05) is 6.54 Å². The van der Waals surface area contributed by atoms with Crippen LogP contribution in [-0.4, -0.2) is 29.8 Å². The van der Waals surface area contributed by atoms with Gasteiger partial charge in [-0.3, -0.25) is 4.79 Å². The van der Waals surface area contributed by atoms with Crippen LogP contribution in [0.1, 0.15) is 74.1 Å². The number of ketones is 1. The Kier molecular flexibility index (Phi) is 11.9. The predicted octanol–water partition coefficient (Wildman–Crippen LogP) is 9.19. The summed E-state index contributed by atoms with van der Waals surface area (Å²) in [5.74, 6) is -6.48. The molecule has 0 amide bonds. The van der Waals surface area contributed by atoms with Crippen molar-refractivity contribution in [3.05, 3.63) is 93.5 Å². The first-order chi connectivity index (χ1) is 21.6. The molecule has 268 valence electrons. The van der Waals surface area contributed by atoms with Gasteiger partial charge in [0.2, 0.25) is 0 Å². The number of benzene rings is 3. The van der Waals surface area contributed by atoms with E-state index >= 15 is 0 Å². The smallest absolute Gasteiger partial charge is 0.416 e. The van der Waals surface area contributed by atoms with Gasteiger partial charge in [0, 0.05) is 11.1 Å². The second-order valence-electron chi connectivity index (χ2n) is 11.1. The second-order valence-corrected chi connectivity index (χ2v) is 11.1. The number of carbonyl (C=O) groups is 3. The minimum absolute atomic E-state index is 0. The molecule has 19 heteroatoms. The number of carbonyl (C=O) groups excluding carboxylic acids is 3. The van der Waals surface area contributed by atoms with Crippen LogP contribution < -0.4 is 14.8 Å². The summed E-state index contributed by atoms with van der Waals surface area (Å²) >= 11 is 0. The molecule has 1 N–H and O–H groups in total. The molecule has 0 aliphatic heterocycles. The third-order valence-corrected chi connectivity index (χ3v) is 6.10. The fourth-order valence-corrected chi connectivity index (χ4v) is 3.76. The summed E-state index contributed by atoms with van der Waals surface area (Å²) in [6.07, 6.45) is -21.5. The zero-order valence-corrected chi connectivity index (χ0v) is 25.7. The van der Waals surface area contributed by atoms with Crippen molar-refractivity contribution in [2.24, 2.45) is 0 Å². The Morgan fingerprint density at radius 1 is 0.531 bits per heavy atom. The van der Waals surface area contributed by atoms with Crippen molar-refractivity contribution in [1.29, 1.82) is 0 Å². The number of esters is 2.